The maximum atomic E-state index is 5.61. The van der Waals surface area contributed by atoms with Gasteiger partial charge in [0.15, 0.2) is 0 Å². The summed E-state index contributed by atoms with van der Waals surface area (Å²) >= 11 is 0. The lowest BCUT2D eigenvalue weighted by Crippen LogP contribution is -2.07. The number of nitrogens with zero attached hydrogens (tertiary/aromatic N) is 2. The van der Waals surface area contributed by atoms with Gasteiger partial charge < -0.3 is 9.30 Å². The lowest BCUT2D eigenvalue weighted by molar-refractivity contribution is 0.415. The van der Waals surface area contributed by atoms with Gasteiger partial charge in [0, 0.05) is 5.92 Å². The quantitative estimate of drug-likeness (QED) is 0.490. The fourth-order valence-electron chi connectivity index (χ4n) is 3.47. The molecule has 0 N–H and O–H groups in total. The lowest BCUT2D eigenvalue weighted by Gasteiger charge is -2.14. The Morgan fingerprint density at radius 1 is 1.08 bits per heavy atom. The van der Waals surface area contributed by atoms with E-state index in [0.29, 0.717) is 6.54 Å². The maximum Gasteiger partial charge on any atom is 0.119 e. The van der Waals surface area contributed by atoms with Crippen molar-refractivity contribution in [1.82, 2.24) is 9.55 Å². The third kappa shape index (κ3) is 2.70. The first-order chi connectivity index (χ1) is 12.7. The van der Waals surface area contributed by atoms with Gasteiger partial charge in [-0.15, -0.1) is 6.42 Å². The standard InChI is InChI=1S/C23H20N2O/c1-4-13-25-22-8-6-5-7-21(22)24-23(25)16(2)17-9-10-19-15-20(26-3)12-11-18(19)14-17/h1,5-12,14-16H,13H2,2-3H3/t16-/m0/s1. The van der Waals surface area contributed by atoms with Crippen molar-refractivity contribution in [3.63, 3.8) is 0 Å². The second-order valence-electron chi connectivity index (χ2n) is 6.44. The second-order valence-corrected chi connectivity index (χ2v) is 6.44. The average molecular weight is 340 g/mol. The third-order valence-corrected chi connectivity index (χ3v) is 4.89. The van der Waals surface area contributed by atoms with Crippen LogP contribution in [0.25, 0.3) is 21.8 Å². The molecule has 3 nitrogen and oxygen atoms in total. The first-order valence-corrected chi connectivity index (χ1v) is 8.67. The summed E-state index contributed by atoms with van der Waals surface area (Å²) in [6.07, 6.45) is 5.61. The van der Waals surface area contributed by atoms with Crippen LogP contribution in [0.1, 0.15) is 24.2 Å². The highest BCUT2D eigenvalue weighted by Crippen LogP contribution is 2.30. The molecule has 0 radical (unpaired) electrons. The van der Waals surface area contributed by atoms with E-state index in [1.807, 2.05) is 24.3 Å². The van der Waals surface area contributed by atoms with Crippen molar-refractivity contribution in [3.8, 4) is 18.1 Å². The van der Waals surface area contributed by atoms with E-state index in [2.05, 4.69) is 53.8 Å². The van der Waals surface area contributed by atoms with Gasteiger partial charge in [0.2, 0.25) is 0 Å². The van der Waals surface area contributed by atoms with Crippen LogP contribution >= 0.6 is 0 Å². The molecule has 3 heteroatoms. The monoisotopic (exact) mass is 340 g/mol. The van der Waals surface area contributed by atoms with Crippen molar-refractivity contribution in [2.45, 2.75) is 19.4 Å². The highest BCUT2D eigenvalue weighted by atomic mass is 16.5. The van der Waals surface area contributed by atoms with Crippen LogP contribution in [0.15, 0.2) is 60.7 Å². The maximum absolute atomic E-state index is 5.61. The van der Waals surface area contributed by atoms with Crippen LogP contribution in [0.3, 0.4) is 0 Å². The van der Waals surface area contributed by atoms with Crippen LogP contribution in [0.4, 0.5) is 0 Å². The van der Waals surface area contributed by atoms with Gasteiger partial charge in [0.1, 0.15) is 11.6 Å². The van der Waals surface area contributed by atoms with Gasteiger partial charge in [0.25, 0.3) is 0 Å². The summed E-state index contributed by atoms with van der Waals surface area (Å²) in [6, 6.07) is 20.8. The van der Waals surface area contributed by atoms with Gasteiger partial charge in [0.05, 0.1) is 24.7 Å². The number of para-hydroxylation sites is 2. The fraction of sp³-hybridized carbons (Fsp3) is 0.174. The van der Waals surface area contributed by atoms with E-state index >= 15 is 0 Å². The number of hydrogen-bond donors (Lipinski definition) is 0. The molecule has 3 aromatic carbocycles. The van der Waals surface area contributed by atoms with Crippen molar-refractivity contribution in [1.29, 1.82) is 0 Å². The van der Waals surface area contributed by atoms with Gasteiger partial charge >= 0.3 is 0 Å². The van der Waals surface area contributed by atoms with E-state index in [0.717, 1.165) is 28.0 Å². The highest BCUT2D eigenvalue weighted by molar-refractivity contribution is 5.85. The molecule has 0 fully saturated rings. The minimum Gasteiger partial charge on any atom is -0.497 e. The van der Waals surface area contributed by atoms with Gasteiger partial charge in [-0.25, -0.2) is 4.98 Å². The molecule has 0 aliphatic carbocycles. The Labute approximate surface area is 153 Å². The number of methoxy groups -OCH3 is 1. The molecule has 0 saturated heterocycles. The molecule has 0 bridgehead atoms. The zero-order valence-corrected chi connectivity index (χ0v) is 14.9. The predicted octanol–water partition coefficient (Wildman–Crippen LogP) is 4.98. The van der Waals surface area contributed by atoms with Crippen LogP contribution in [0, 0.1) is 12.3 Å². The van der Waals surface area contributed by atoms with E-state index in [1.54, 1.807) is 7.11 Å². The lowest BCUT2D eigenvalue weighted by atomic mass is 9.97. The van der Waals surface area contributed by atoms with Crippen LogP contribution in [0.5, 0.6) is 5.75 Å². The number of benzene rings is 3. The molecule has 1 aromatic heterocycles. The Bertz CT molecular complexity index is 1130. The number of hydrogen-bond acceptors (Lipinski definition) is 2. The molecule has 4 rings (SSSR count). The van der Waals surface area contributed by atoms with Crippen LogP contribution in [-0.2, 0) is 6.54 Å². The van der Waals surface area contributed by atoms with E-state index < -0.39 is 0 Å². The predicted molar refractivity (Wildman–Crippen MR) is 107 cm³/mol. The molecular formula is C23H20N2O. The summed E-state index contributed by atoms with van der Waals surface area (Å²) < 4.78 is 7.45. The van der Waals surface area contributed by atoms with Crippen LogP contribution in [0.2, 0.25) is 0 Å². The number of imidazole rings is 1. The minimum absolute atomic E-state index is 0.141. The Morgan fingerprint density at radius 2 is 1.85 bits per heavy atom. The fourth-order valence-corrected chi connectivity index (χ4v) is 3.47. The number of fused-ring (bicyclic) bond motifs is 2. The van der Waals surface area contributed by atoms with Gasteiger partial charge in [-0.3, -0.25) is 0 Å². The summed E-state index contributed by atoms with van der Waals surface area (Å²) in [7, 11) is 1.69. The molecule has 128 valence electrons. The average Bonchev–Trinajstić information content (AvgIpc) is 3.05. The molecule has 1 heterocycles. The number of rotatable bonds is 4. The molecule has 0 amide bonds. The highest BCUT2D eigenvalue weighted by Gasteiger charge is 2.18. The molecule has 4 aromatic rings. The van der Waals surface area contributed by atoms with E-state index in [9.17, 15) is 0 Å². The topological polar surface area (TPSA) is 27.1 Å². The minimum atomic E-state index is 0.141. The molecule has 0 saturated carbocycles. The largest absolute Gasteiger partial charge is 0.497 e. The molecule has 0 aliphatic rings. The summed E-state index contributed by atoms with van der Waals surface area (Å²) in [5, 5.41) is 2.35. The molecule has 26 heavy (non-hydrogen) atoms. The Morgan fingerprint density at radius 3 is 2.65 bits per heavy atom. The normalized spacial score (nSPS) is 12.2. The Hall–Kier alpha value is -3.25. The first kappa shape index (κ1) is 16.2. The molecule has 0 unspecified atom stereocenters. The van der Waals surface area contributed by atoms with Crippen molar-refractivity contribution < 1.29 is 4.74 Å². The number of terminal acetylenes is 1. The van der Waals surface area contributed by atoms with E-state index in [1.165, 1.54) is 10.9 Å². The second kappa shape index (κ2) is 6.57. The molecule has 1 atom stereocenters. The summed E-state index contributed by atoms with van der Waals surface area (Å²) in [4.78, 5) is 4.86. The summed E-state index contributed by atoms with van der Waals surface area (Å²) in [6.45, 7) is 2.70. The zero-order valence-electron chi connectivity index (χ0n) is 14.9. The Kier molecular flexibility index (Phi) is 4.10. The third-order valence-electron chi connectivity index (χ3n) is 4.89. The van der Waals surface area contributed by atoms with Crippen LogP contribution in [-0.4, -0.2) is 16.7 Å². The summed E-state index contributed by atoms with van der Waals surface area (Å²) in [5.74, 6) is 4.77. The molecular weight excluding hydrogens is 320 g/mol. The van der Waals surface area contributed by atoms with Crippen molar-refractivity contribution in [2.24, 2.45) is 0 Å². The zero-order chi connectivity index (χ0) is 18.1. The van der Waals surface area contributed by atoms with Crippen molar-refractivity contribution in [2.75, 3.05) is 7.11 Å². The Balaban J connectivity index is 1.81. The van der Waals surface area contributed by atoms with Crippen molar-refractivity contribution in [3.05, 3.63) is 72.1 Å². The number of aromatic nitrogens is 2. The SMILES string of the molecule is C#CCn1c([C@@H](C)c2ccc3cc(OC)ccc3c2)nc2ccccc21. The summed E-state index contributed by atoms with van der Waals surface area (Å²) in [5.41, 5.74) is 3.28. The first-order valence-electron chi connectivity index (χ1n) is 8.67. The van der Waals surface area contributed by atoms with E-state index in [4.69, 9.17) is 16.1 Å². The number of ether oxygens (including phenoxy) is 1. The van der Waals surface area contributed by atoms with E-state index in [-0.39, 0.29) is 5.92 Å². The van der Waals surface area contributed by atoms with Gasteiger partial charge in [-0.1, -0.05) is 49.2 Å². The molecule has 0 spiro atoms. The van der Waals surface area contributed by atoms with Gasteiger partial charge in [-0.2, -0.15) is 0 Å². The van der Waals surface area contributed by atoms with Gasteiger partial charge in [-0.05, 0) is 40.6 Å². The van der Waals surface area contributed by atoms with Crippen LogP contribution < -0.4 is 4.74 Å². The smallest absolute Gasteiger partial charge is 0.119 e. The molecule has 0 aliphatic heterocycles. The van der Waals surface area contributed by atoms with Crippen molar-refractivity contribution >= 4 is 21.8 Å².